The summed E-state index contributed by atoms with van der Waals surface area (Å²) in [5.74, 6) is 8.00. The fraction of sp³-hybridized carbons (Fsp3) is 0.296. The number of fused-ring (bicyclic) bond motifs is 1. The number of nitrogens with one attached hydrogen (secondary N) is 1. The van der Waals surface area contributed by atoms with Crippen molar-refractivity contribution >= 4 is 11.2 Å². The zero-order chi connectivity index (χ0) is 24.8. The molecule has 2 aromatic heterocycles. The summed E-state index contributed by atoms with van der Waals surface area (Å²) in [6, 6.07) is 14.9. The minimum Gasteiger partial charge on any atom is -0.497 e. The van der Waals surface area contributed by atoms with Gasteiger partial charge < -0.3 is 14.5 Å². The molecule has 1 N–H and O–H groups in total. The van der Waals surface area contributed by atoms with E-state index >= 15 is 0 Å². The van der Waals surface area contributed by atoms with Gasteiger partial charge in [-0.15, -0.1) is 0 Å². The lowest BCUT2D eigenvalue weighted by atomic mass is 10.2. The maximum Gasteiger partial charge on any atom is 0.332 e. The largest absolute Gasteiger partial charge is 0.497 e. The first kappa shape index (κ1) is 23.9. The predicted octanol–water partition coefficient (Wildman–Crippen LogP) is 3.81. The molecule has 8 heteroatoms. The number of methoxy groups -OCH3 is 1. The Morgan fingerprint density at radius 3 is 2.43 bits per heavy atom. The zero-order valence-electron chi connectivity index (χ0n) is 20.1. The van der Waals surface area contributed by atoms with Crippen LogP contribution in [-0.2, 0) is 13.1 Å². The van der Waals surface area contributed by atoms with E-state index in [1.807, 2.05) is 62.4 Å². The minimum absolute atomic E-state index is 0.238. The molecule has 0 amide bonds. The Kier molecular flexibility index (Phi) is 7.36. The van der Waals surface area contributed by atoms with Gasteiger partial charge in [-0.05, 0) is 55.3 Å². The van der Waals surface area contributed by atoms with Crippen LogP contribution in [0.1, 0.15) is 32.3 Å². The Labute approximate surface area is 203 Å². The van der Waals surface area contributed by atoms with E-state index < -0.39 is 0 Å². The topological polar surface area (TPSA) is 91.1 Å². The molecule has 0 atom stereocenters. The number of nitrogens with zero attached hydrogens (tertiary/aromatic N) is 3. The van der Waals surface area contributed by atoms with E-state index in [-0.39, 0.29) is 17.9 Å². The van der Waals surface area contributed by atoms with E-state index in [1.54, 1.807) is 11.7 Å². The third kappa shape index (κ3) is 5.14. The van der Waals surface area contributed by atoms with Crippen LogP contribution in [-0.4, -0.2) is 32.8 Å². The van der Waals surface area contributed by atoms with Gasteiger partial charge in [0.05, 0.1) is 7.11 Å². The Morgan fingerprint density at radius 2 is 1.71 bits per heavy atom. The van der Waals surface area contributed by atoms with Gasteiger partial charge in [0, 0.05) is 24.2 Å². The lowest BCUT2D eigenvalue weighted by Gasteiger charge is -2.09. The Balaban J connectivity index is 1.54. The second kappa shape index (κ2) is 10.8. The van der Waals surface area contributed by atoms with E-state index in [2.05, 4.69) is 21.8 Å². The molecule has 0 aliphatic heterocycles. The summed E-state index contributed by atoms with van der Waals surface area (Å²) >= 11 is 0. The highest BCUT2D eigenvalue weighted by atomic mass is 16.5. The van der Waals surface area contributed by atoms with Crippen molar-refractivity contribution in [1.82, 2.24) is 19.1 Å². The summed E-state index contributed by atoms with van der Waals surface area (Å²) in [6.07, 6.45) is 1.45. The average molecular weight is 473 g/mol. The lowest BCUT2D eigenvalue weighted by Crippen LogP contribution is -2.40. The number of rotatable bonds is 8. The third-order valence-electron chi connectivity index (χ3n) is 5.50. The molecule has 8 nitrogen and oxygen atoms in total. The van der Waals surface area contributed by atoms with Gasteiger partial charge in [0.25, 0.3) is 5.56 Å². The summed E-state index contributed by atoms with van der Waals surface area (Å²) < 4.78 is 13.8. The fourth-order valence-electron chi connectivity index (χ4n) is 3.82. The van der Waals surface area contributed by atoms with Crippen LogP contribution >= 0.6 is 0 Å². The number of aryl methyl sites for hydroxylation is 1. The van der Waals surface area contributed by atoms with Gasteiger partial charge in [0.1, 0.15) is 29.4 Å². The van der Waals surface area contributed by atoms with Gasteiger partial charge in [0.2, 0.25) is 0 Å². The summed E-state index contributed by atoms with van der Waals surface area (Å²) in [6.45, 7) is 5.03. The minimum atomic E-state index is -0.340. The number of hydrogen-bond acceptors (Lipinski definition) is 5. The van der Waals surface area contributed by atoms with Gasteiger partial charge in [-0.1, -0.05) is 31.8 Å². The zero-order valence-corrected chi connectivity index (χ0v) is 20.1. The van der Waals surface area contributed by atoms with Crippen LogP contribution in [0.4, 0.5) is 0 Å². The van der Waals surface area contributed by atoms with Crippen molar-refractivity contribution in [2.45, 2.75) is 39.8 Å². The highest BCUT2D eigenvalue weighted by Gasteiger charge is 2.17. The molecule has 0 bridgehead atoms. The average Bonchev–Trinajstić information content (AvgIpc) is 3.33. The van der Waals surface area contributed by atoms with Crippen LogP contribution < -0.4 is 20.7 Å². The normalized spacial score (nSPS) is 10.7. The smallest absolute Gasteiger partial charge is 0.332 e. The Bertz CT molecular complexity index is 1500. The number of hydrogen-bond donors (Lipinski definition) is 1. The highest BCUT2D eigenvalue weighted by Crippen LogP contribution is 2.22. The number of imidazole rings is 1. The molecule has 2 heterocycles. The van der Waals surface area contributed by atoms with Crippen LogP contribution in [0.15, 0.2) is 58.1 Å². The van der Waals surface area contributed by atoms with E-state index in [0.717, 1.165) is 23.3 Å². The van der Waals surface area contributed by atoms with Crippen molar-refractivity contribution in [3.05, 3.63) is 74.9 Å². The van der Waals surface area contributed by atoms with Crippen LogP contribution in [0.25, 0.3) is 22.6 Å². The van der Waals surface area contributed by atoms with Crippen molar-refractivity contribution in [1.29, 1.82) is 0 Å². The van der Waals surface area contributed by atoms with E-state index in [1.165, 1.54) is 4.57 Å². The molecule has 0 saturated heterocycles. The van der Waals surface area contributed by atoms with Crippen LogP contribution in [0, 0.1) is 11.8 Å². The number of aromatic amines is 1. The van der Waals surface area contributed by atoms with Crippen LogP contribution in [0.2, 0.25) is 0 Å². The van der Waals surface area contributed by atoms with Gasteiger partial charge >= 0.3 is 5.69 Å². The first-order chi connectivity index (χ1) is 17.0. The highest BCUT2D eigenvalue weighted by molar-refractivity contribution is 5.75. The molecular formula is C27H28N4O4. The quantitative estimate of drug-likeness (QED) is 0.394. The molecule has 0 spiro atoms. The van der Waals surface area contributed by atoms with Gasteiger partial charge in [-0.25, -0.2) is 9.78 Å². The number of benzene rings is 2. The maximum absolute atomic E-state index is 12.9. The number of ether oxygens (including phenoxy) is 2. The molecule has 4 aromatic rings. The predicted molar refractivity (Wildman–Crippen MR) is 136 cm³/mol. The van der Waals surface area contributed by atoms with Crippen molar-refractivity contribution in [3.8, 4) is 34.7 Å². The van der Waals surface area contributed by atoms with Gasteiger partial charge in [-0.2, -0.15) is 0 Å². The molecule has 0 aliphatic rings. The monoisotopic (exact) mass is 472 g/mol. The molecule has 0 radical (unpaired) electrons. The molecule has 4 rings (SSSR count). The summed E-state index contributed by atoms with van der Waals surface area (Å²) in [5.41, 5.74) is 1.71. The molecule has 180 valence electrons. The Hall–Kier alpha value is -4.25. The van der Waals surface area contributed by atoms with Crippen molar-refractivity contribution in [3.63, 3.8) is 0 Å². The number of H-pyrrole nitrogens is 1. The van der Waals surface area contributed by atoms with Crippen molar-refractivity contribution in [2.75, 3.05) is 13.7 Å². The van der Waals surface area contributed by atoms with E-state index in [0.29, 0.717) is 42.2 Å². The summed E-state index contributed by atoms with van der Waals surface area (Å²) in [4.78, 5) is 33.5. The second-order valence-electron chi connectivity index (χ2n) is 8.02. The molecule has 0 aliphatic carbocycles. The van der Waals surface area contributed by atoms with Crippen LogP contribution in [0.3, 0.4) is 0 Å². The first-order valence-electron chi connectivity index (χ1n) is 11.6. The van der Waals surface area contributed by atoms with Crippen LogP contribution in [0.5, 0.6) is 11.5 Å². The Morgan fingerprint density at radius 1 is 0.971 bits per heavy atom. The fourth-order valence-corrected chi connectivity index (χ4v) is 3.82. The molecular weight excluding hydrogens is 444 g/mol. The van der Waals surface area contributed by atoms with E-state index in [9.17, 15) is 9.59 Å². The maximum atomic E-state index is 12.9. The third-order valence-corrected chi connectivity index (χ3v) is 5.50. The lowest BCUT2D eigenvalue weighted by molar-refractivity contribution is 0.370. The van der Waals surface area contributed by atoms with Gasteiger partial charge in [0.15, 0.2) is 5.65 Å². The molecule has 0 saturated carbocycles. The number of aromatic nitrogens is 4. The molecule has 2 aromatic carbocycles. The first-order valence-corrected chi connectivity index (χ1v) is 11.6. The van der Waals surface area contributed by atoms with Crippen molar-refractivity contribution < 1.29 is 9.47 Å². The van der Waals surface area contributed by atoms with Crippen molar-refractivity contribution in [2.24, 2.45) is 0 Å². The van der Waals surface area contributed by atoms with E-state index in [4.69, 9.17) is 9.47 Å². The second-order valence-corrected chi connectivity index (χ2v) is 8.02. The SMILES string of the molecule is CCCn1c(=O)c2[nH]c(-c3ccc(OCC#Cc4cccc(OC)c4)cc3)nc2n(CCC)c1=O. The molecule has 0 fully saturated rings. The standard InChI is InChI=1S/C27H28N4O4/c1-4-15-30-25-23(26(32)31(16-5-2)27(30)33)28-24(29-25)20-11-13-21(14-12-20)35-17-7-9-19-8-6-10-22(18-19)34-3/h6,8,10-14,18H,4-5,15-17H2,1-3H3,(H,28,29). The molecule has 0 unspecified atom stereocenters. The summed E-state index contributed by atoms with van der Waals surface area (Å²) in [5, 5.41) is 0. The van der Waals surface area contributed by atoms with Gasteiger partial charge in [-0.3, -0.25) is 13.9 Å². The summed E-state index contributed by atoms with van der Waals surface area (Å²) in [7, 11) is 1.62. The molecule has 35 heavy (non-hydrogen) atoms.